The number of carbonyl (C=O) groups excluding carboxylic acids is 8. The third kappa shape index (κ3) is 127. The van der Waals surface area contributed by atoms with Crippen LogP contribution in [0, 0.1) is 0 Å². The maximum Gasteiger partial charge on any atom is 4.00 e. The Hall–Kier alpha value is -1.93. The van der Waals surface area contributed by atoms with Crippen molar-refractivity contribution in [3.8, 4) is 0 Å². The van der Waals surface area contributed by atoms with Crippen molar-refractivity contribution in [3.05, 3.63) is 0 Å². The second kappa shape index (κ2) is 51.9. The van der Waals surface area contributed by atoms with Crippen LogP contribution in [0.5, 0.6) is 0 Å². The van der Waals surface area contributed by atoms with Crippen LogP contribution < -0.4 is 0 Å². The van der Waals surface area contributed by atoms with E-state index in [2.05, 4.69) is 0 Å². The maximum atomic E-state index is 9.14. The Labute approximate surface area is 136 Å². The van der Waals surface area contributed by atoms with Gasteiger partial charge in [-0.2, -0.15) is 0 Å². The van der Waals surface area contributed by atoms with Gasteiger partial charge in [-0.15, -0.1) is 0 Å². The molecule has 0 aliphatic heterocycles. The van der Waals surface area contributed by atoms with E-state index in [0.717, 1.165) is 0 Å². The Morgan fingerprint density at radius 2 is 0.619 bits per heavy atom. The van der Waals surface area contributed by atoms with Gasteiger partial charge in [0, 0.05) is 0 Å². The van der Waals surface area contributed by atoms with Crippen molar-refractivity contribution in [2.24, 2.45) is 0 Å². The minimum atomic E-state index is -0.0972. The summed E-state index contributed by atoms with van der Waals surface area (Å²) in [5.41, 5.74) is 0. The zero-order chi connectivity index (χ0) is 16.5. The fourth-order valence-corrected chi connectivity index (χ4v) is 0.136. The maximum absolute atomic E-state index is 9.14. The molecule has 9 heteroatoms. The molecule has 0 bridgehead atoms. The van der Waals surface area contributed by atoms with Gasteiger partial charge in [0.15, 0.2) is 0 Å². The fourth-order valence-electron chi connectivity index (χ4n) is 0.136. The topological polar surface area (TPSA) is 137 Å². The van der Waals surface area contributed by atoms with Crippen LogP contribution in [0.25, 0.3) is 0 Å². The molecule has 0 fully saturated rings. The summed E-state index contributed by atoms with van der Waals surface area (Å²) in [7, 11) is 0. The summed E-state index contributed by atoms with van der Waals surface area (Å²) in [5.74, 6) is 0. The molecule has 0 radical (unpaired) electrons. The molecule has 0 aromatic heterocycles. The van der Waals surface area contributed by atoms with Crippen molar-refractivity contribution in [1.82, 2.24) is 0 Å². The molecule has 0 rings (SSSR count). The van der Waals surface area contributed by atoms with Gasteiger partial charge >= 0.3 is 21.7 Å². The first kappa shape index (κ1) is 31.5. The van der Waals surface area contributed by atoms with Gasteiger partial charge in [0.25, 0.3) is 0 Å². The SMILES string of the molecule is O=[C-]CC=O.O=[C-]CC=O.O=[C-]CC=O.O=[C-]CC=O.[Ti+4]. The van der Waals surface area contributed by atoms with E-state index in [-0.39, 0.29) is 47.4 Å². The third-order valence-corrected chi connectivity index (χ3v) is 0.667. The third-order valence-electron chi connectivity index (χ3n) is 0.667. The monoisotopic (exact) mass is 332 g/mol. The normalized spacial score (nSPS) is 6.10. The fraction of sp³-hybridized carbons (Fsp3) is 0.333. The van der Waals surface area contributed by atoms with Crippen LogP contribution in [0.3, 0.4) is 0 Å². The van der Waals surface area contributed by atoms with Gasteiger partial charge in [0.1, 0.15) is 0 Å². The van der Waals surface area contributed by atoms with Gasteiger partial charge in [0.2, 0.25) is 0 Å². The van der Waals surface area contributed by atoms with Crippen LogP contribution in [0.2, 0.25) is 0 Å². The van der Waals surface area contributed by atoms with Gasteiger partial charge in [0.05, 0.1) is 25.1 Å². The molecule has 0 aliphatic rings. The summed E-state index contributed by atoms with van der Waals surface area (Å²) >= 11 is 0. The Morgan fingerprint density at radius 3 is 0.619 bits per heavy atom. The van der Waals surface area contributed by atoms with E-state index in [1.165, 1.54) is 25.1 Å². The van der Waals surface area contributed by atoms with E-state index in [1.807, 2.05) is 0 Å². The summed E-state index contributed by atoms with van der Waals surface area (Å²) < 4.78 is 0. The molecule has 0 amide bonds. The molecule has 8 nitrogen and oxygen atoms in total. The van der Waals surface area contributed by atoms with Gasteiger partial charge in [-0.25, -0.2) is 0 Å². The quantitative estimate of drug-likeness (QED) is 0.232. The average molecular weight is 332 g/mol. The average Bonchev–Trinajstić information content (AvgIpc) is 2.44. The molecule has 0 atom stereocenters. The number of aldehydes is 4. The summed E-state index contributed by atoms with van der Waals surface area (Å²) in [4.78, 5) is 72.8. The van der Waals surface area contributed by atoms with Gasteiger partial charge in [-0.1, -0.05) is 25.7 Å². The van der Waals surface area contributed by atoms with Gasteiger partial charge in [-0.3, -0.25) is 25.1 Å². The molecule has 0 heterocycles. The Morgan fingerprint density at radius 1 is 0.476 bits per heavy atom. The van der Waals surface area contributed by atoms with Crippen molar-refractivity contribution in [2.75, 3.05) is 0 Å². The van der Waals surface area contributed by atoms with Crippen LogP contribution in [0.4, 0.5) is 0 Å². The largest absolute Gasteiger partial charge is 4.00 e. The van der Waals surface area contributed by atoms with Crippen LogP contribution in [-0.4, -0.2) is 50.3 Å². The molecule has 0 saturated carbocycles. The van der Waals surface area contributed by atoms with E-state index in [4.69, 9.17) is 38.4 Å². The Kier molecular flexibility index (Phi) is 77.8. The van der Waals surface area contributed by atoms with E-state index in [0.29, 0.717) is 25.1 Å². The second-order valence-electron chi connectivity index (χ2n) is 2.06. The van der Waals surface area contributed by atoms with Crippen molar-refractivity contribution >= 4 is 50.3 Å². The predicted molar refractivity (Wildman–Crippen MR) is 65.5 cm³/mol. The van der Waals surface area contributed by atoms with Crippen molar-refractivity contribution in [2.45, 2.75) is 25.7 Å². The minimum Gasteiger partial charge on any atom is -0.541 e. The molecular weight excluding hydrogens is 320 g/mol. The van der Waals surface area contributed by atoms with E-state index < -0.39 is 0 Å². The second-order valence-corrected chi connectivity index (χ2v) is 2.06. The zero-order valence-corrected chi connectivity index (χ0v) is 12.5. The molecule has 0 unspecified atom stereocenters. The Bertz CT molecular complexity index is 198. The molecule has 0 saturated heterocycles. The first-order valence-corrected chi connectivity index (χ1v) is 4.81. The van der Waals surface area contributed by atoms with Crippen LogP contribution in [-0.2, 0) is 60.1 Å². The smallest absolute Gasteiger partial charge is 0.541 e. The van der Waals surface area contributed by atoms with E-state index in [1.54, 1.807) is 0 Å². The summed E-state index contributed by atoms with van der Waals surface area (Å²) in [5, 5.41) is 0. The van der Waals surface area contributed by atoms with Crippen molar-refractivity contribution in [3.63, 3.8) is 0 Å². The number of carbonyl (C=O) groups is 4. The van der Waals surface area contributed by atoms with Crippen LogP contribution in [0.15, 0.2) is 0 Å². The molecule has 0 N–H and O–H groups in total. The Balaban J connectivity index is -0.0000000533. The summed E-state index contributed by atoms with van der Waals surface area (Å²) in [6.45, 7) is 0. The van der Waals surface area contributed by atoms with Crippen LogP contribution in [0.1, 0.15) is 25.7 Å². The molecule has 112 valence electrons. The van der Waals surface area contributed by atoms with E-state index in [9.17, 15) is 0 Å². The molecule has 0 aromatic carbocycles. The first-order valence-electron chi connectivity index (χ1n) is 4.81. The van der Waals surface area contributed by atoms with Crippen molar-refractivity contribution < 1.29 is 60.1 Å². The molecular formula is C12H12O8Ti. The molecule has 0 aliphatic carbocycles. The summed E-state index contributed by atoms with van der Waals surface area (Å²) in [6.07, 6.45) is 7.24. The summed E-state index contributed by atoms with van der Waals surface area (Å²) in [6, 6.07) is 0. The van der Waals surface area contributed by atoms with Gasteiger partial charge < -0.3 is 38.4 Å². The van der Waals surface area contributed by atoms with Crippen LogP contribution >= 0.6 is 0 Å². The molecule has 21 heavy (non-hydrogen) atoms. The number of hydrogen-bond acceptors (Lipinski definition) is 8. The predicted octanol–water partition coefficient (Wildman–Crippen LogP) is -1.26. The minimum absolute atomic E-state index is 0. The van der Waals surface area contributed by atoms with Crippen molar-refractivity contribution in [1.29, 1.82) is 0 Å². The van der Waals surface area contributed by atoms with E-state index >= 15 is 0 Å². The molecule has 0 aromatic rings. The first-order chi connectivity index (χ1) is 9.66. The zero-order valence-electron chi connectivity index (χ0n) is 10.9. The number of rotatable bonds is 8. The van der Waals surface area contributed by atoms with Gasteiger partial charge in [-0.05, 0) is 0 Å². The standard InChI is InChI=1S/4C3H3O2.Ti/c4*4-2-1-3-5;/h4*2H,1H2;/q4*-1;+4. The number of hydrogen-bond donors (Lipinski definition) is 0. The molecule has 0 spiro atoms.